The number of amides is 3. The lowest BCUT2D eigenvalue weighted by Crippen LogP contribution is -2.44. The normalized spacial score (nSPS) is 12.6. The first-order valence-corrected chi connectivity index (χ1v) is 10.9. The third kappa shape index (κ3) is 5.61. The Bertz CT molecular complexity index is 911. The van der Waals surface area contributed by atoms with E-state index in [0.29, 0.717) is 12.1 Å². The second-order valence-electron chi connectivity index (χ2n) is 6.08. The number of rotatable bonds is 8. The highest BCUT2D eigenvalue weighted by Gasteiger charge is 2.23. The van der Waals surface area contributed by atoms with Crippen molar-refractivity contribution in [1.29, 1.82) is 0 Å². The van der Waals surface area contributed by atoms with Gasteiger partial charge in [-0.25, -0.2) is 17.5 Å². The van der Waals surface area contributed by atoms with Crippen molar-refractivity contribution in [3.63, 3.8) is 0 Å². The Balaban J connectivity index is 2.14. The minimum atomic E-state index is -3.49. The van der Waals surface area contributed by atoms with Gasteiger partial charge in [-0.3, -0.25) is 15.4 Å². The number of carbonyl (C=O) groups excluding carboxylic acids is 2. The molecule has 2 rings (SSSR count). The van der Waals surface area contributed by atoms with Gasteiger partial charge in [-0.2, -0.15) is 0 Å². The van der Waals surface area contributed by atoms with E-state index < -0.39 is 28.0 Å². The Labute approximate surface area is 169 Å². The van der Waals surface area contributed by atoms with Crippen LogP contribution in [0.15, 0.2) is 46.7 Å². The minimum absolute atomic E-state index is 0.234. The maximum Gasteiger partial charge on any atom is 0.321 e. The van der Waals surface area contributed by atoms with Gasteiger partial charge in [0.15, 0.2) is 0 Å². The number of nitrogens with zero attached hydrogens (tertiary/aromatic N) is 1. The molecule has 0 bridgehead atoms. The minimum Gasteiger partial charge on any atom is -0.338 e. The number of thiophene rings is 1. The summed E-state index contributed by atoms with van der Waals surface area (Å²) in [4.78, 5) is 25.0. The lowest BCUT2D eigenvalue weighted by molar-refractivity contribution is -0.122. The zero-order valence-electron chi connectivity index (χ0n) is 15.9. The van der Waals surface area contributed by atoms with Crippen molar-refractivity contribution in [2.75, 3.05) is 20.6 Å². The first kappa shape index (κ1) is 22.0. The summed E-state index contributed by atoms with van der Waals surface area (Å²) in [7, 11) is -0.541. The van der Waals surface area contributed by atoms with Gasteiger partial charge in [-0.15, -0.1) is 11.3 Å². The molecule has 3 amide bonds. The van der Waals surface area contributed by atoms with Crippen LogP contribution >= 0.6 is 11.3 Å². The van der Waals surface area contributed by atoms with E-state index in [-0.39, 0.29) is 10.8 Å². The van der Waals surface area contributed by atoms with Crippen LogP contribution in [0.25, 0.3) is 0 Å². The quantitative estimate of drug-likeness (QED) is 0.598. The zero-order valence-corrected chi connectivity index (χ0v) is 17.6. The highest BCUT2D eigenvalue weighted by molar-refractivity contribution is 7.91. The van der Waals surface area contributed by atoms with Gasteiger partial charge < -0.3 is 5.32 Å². The smallest absolute Gasteiger partial charge is 0.321 e. The SMILES string of the molecule is CCNC(=O)NC(=O)C(NCc1ccc(S(=O)(=O)N(C)C)s1)c1ccccc1. The third-order valence-corrected chi connectivity index (χ3v) is 7.19. The number of nitrogens with one attached hydrogen (secondary N) is 3. The summed E-state index contributed by atoms with van der Waals surface area (Å²) in [6.07, 6.45) is 0. The summed E-state index contributed by atoms with van der Waals surface area (Å²) in [6, 6.07) is 10.9. The van der Waals surface area contributed by atoms with Crippen LogP contribution in [0.3, 0.4) is 0 Å². The third-order valence-electron chi connectivity index (χ3n) is 3.82. The van der Waals surface area contributed by atoms with Crippen molar-refractivity contribution >= 4 is 33.3 Å². The molecule has 0 saturated carbocycles. The van der Waals surface area contributed by atoms with Crippen molar-refractivity contribution in [1.82, 2.24) is 20.3 Å². The lowest BCUT2D eigenvalue weighted by atomic mass is 10.1. The highest BCUT2D eigenvalue weighted by atomic mass is 32.2. The fourth-order valence-corrected chi connectivity index (χ4v) is 4.85. The molecule has 10 heteroatoms. The Kier molecular flexibility index (Phi) is 7.69. The van der Waals surface area contributed by atoms with Gasteiger partial charge in [0.2, 0.25) is 5.91 Å². The molecule has 152 valence electrons. The molecule has 0 aliphatic rings. The van der Waals surface area contributed by atoms with Crippen LogP contribution < -0.4 is 16.0 Å². The monoisotopic (exact) mass is 424 g/mol. The van der Waals surface area contributed by atoms with E-state index in [9.17, 15) is 18.0 Å². The molecule has 1 heterocycles. The second-order valence-corrected chi connectivity index (χ2v) is 9.63. The van der Waals surface area contributed by atoms with Crippen LogP contribution in [0, 0.1) is 0 Å². The number of carbonyl (C=O) groups is 2. The number of imide groups is 1. The fourth-order valence-electron chi connectivity index (χ4n) is 2.37. The summed E-state index contributed by atoms with van der Waals surface area (Å²) in [5, 5.41) is 7.93. The molecule has 1 aromatic carbocycles. The number of hydrogen-bond donors (Lipinski definition) is 3. The molecular formula is C18H24N4O4S2. The summed E-state index contributed by atoms with van der Waals surface area (Å²) in [5.41, 5.74) is 0.696. The van der Waals surface area contributed by atoms with E-state index in [1.807, 2.05) is 6.07 Å². The molecule has 0 fully saturated rings. The Morgan fingerprint density at radius 3 is 2.39 bits per heavy atom. The van der Waals surface area contributed by atoms with E-state index in [1.54, 1.807) is 43.3 Å². The van der Waals surface area contributed by atoms with Crippen LogP contribution in [0.4, 0.5) is 4.79 Å². The lowest BCUT2D eigenvalue weighted by Gasteiger charge is -2.18. The average molecular weight is 425 g/mol. The zero-order chi connectivity index (χ0) is 20.7. The number of benzene rings is 1. The Morgan fingerprint density at radius 1 is 1.11 bits per heavy atom. The molecule has 1 aromatic heterocycles. The van der Waals surface area contributed by atoms with Gasteiger partial charge in [-0.1, -0.05) is 30.3 Å². The number of urea groups is 1. The molecule has 3 N–H and O–H groups in total. The summed E-state index contributed by atoms with van der Waals surface area (Å²) < 4.78 is 25.8. The molecule has 1 atom stereocenters. The average Bonchev–Trinajstić information content (AvgIpc) is 3.12. The van der Waals surface area contributed by atoms with Gasteiger partial charge in [0.1, 0.15) is 10.3 Å². The van der Waals surface area contributed by atoms with E-state index in [1.165, 1.54) is 14.1 Å². The second kappa shape index (κ2) is 9.78. The molecule has 8 nitrogen and oxygen atoms in total. The summed E-state index contributed by atoms with van der Waals surface area (Å²) in [6.45, 7) is 2.43. The first-order chi connectivity index (χ1) is 13.3. The van der Waals surface area contributed by atoms with Crippen molar-refractivity contribution in [2.24, 2.45) is 0 Å². The molecular weight excluding hydrogens is 400 g/mol. The van der Waals surface area contributed by atoms with Gasteiger partial charge >= 0.3 is 6.03 Å². The Morgan fingerprint density at radius 2 is 1.79 bits per heavy atom. The van der Waals surface area contributed by atoms with Crippen molar-refractivity contribution < 1.29 is 18.0 Å². The molecule has 0 saturated heterocycles. The predicted octanol–water partition coefficient (Wildman–Crippen LogP) is 1.68. The van der Waals surface area contributed by atoms with E-state index in [4.69, 9.17) is 0 Å². The molecule has 0 spiro atoms. The fraction of sp³-hybridized carbons (Fsp3) is 0.333. The van der Waals surface area contributed by atoms with Crippen molar-refractivity contribution in [3.8, 4) is 0 Å². The van der Waals surface area contributed by atoms with Crippen LogP contribution in [0.5, 0.6) is 0 Å². The molecule has 28 heavy (non-hydrogen) atoms. The van der Waals surface area contributed by atoms with E-state index >= 15 is 0 Å². The van der Waals surface area contributed by atoms with E-state index in [0.717, 1.165) is 20.5 Å². The maximum absolute atomic E-state index is 12.6. The topological polar surface area (TPSA) is 108 Å². The van der Waals surface area contributed by atoms with Crippen LogP contribution in [0.2, 0.25) is 0 Å². The predicted molar refractivity (Wildman–Crippen MR) is 108 cm³/mol. The molecule has 2 aromatic rings. The van der Waals surface area contributed by atoms with Gasteiger partial charge in [0, 0.05) is 32.1 Å². The first-order valence-electron chi connectivity index (χ1n) is 8.64. The molecule has 0 radical (unpaired) electrons. The van der Waals surface area contributed by atoms with Gasteiger partial charge in [0.05, 0.1) is 0 Å². The number of hydrogen-bond acceptors (Lipinski definition) is 6. The van der Waals surface area contributed by atoms with Crippen LogP contribution in [0.1, 0.15) is 23.4 Å². The number of sulfonamides is 1. The van der Waals surface area contributed by atoms with Gasteiger partial charge in [-0.05, 0) is 24.6 Å². The summed E-state index contributed by atoms with van der Waals surface area (Å²) in [5.74, 6) is -0.491. The van der Waals surface area contributed by atoms with Gasteiger partial charge in [0.25, 0.3) is 10.0 Å². The summed E-state index contributed by atoms with van der Waals surface area (Å²) >= 11 is 1.14. The molecule has 0 aliphatic heterocycles. The largest absolute Gasteiger partial charge is 0.338 e. The molecule has 1 unspecified atom stereocenters. The van der Waals surface area contributed by atoms with Crippen LogP contribution in [-0.2, 0) is 21.4 Å². The van der Waals surface area contributed by atoms with Crippen LogP contribution in [-0.4, -0.2) is 45.3 Å². The highest BCUT2D eigenvalue weighted by Crippen LogP contribution is 2.24. The standard InChI is InChI=1S/C18H24N4O4S2/c1-4-19-18(24)21-17(23)16(13-8-6-5-7-9-13)20-12-14-10-11-15(27-14)28(25,26)22(2)3/h5-11,16,20H,4,12H2,1-3H3,(H2,19,21,23,24). The Hall–Kier alpha value is -2.27. The maximum atomic E-state index is 12.6. The van der Waals surface area contributed by atoms with Crippen molar-refractivity contribution in [3.05, 3.63) is 52.9 Å². The molecule has 0 aliphatic carbocycles. The van der Waals surface area contributed by atoms with E-state index in [2.05, 4.69) is 16.0 Å². The van der Waals surface area contributed by atoms with Crippen molar-refractivity contribution in [2.45, 2.75) is 23.7 Å².